The Bertz CT molecular complexity index is 1050. The van der Waals surface area contributed by atoms with Crippen LogP contribution >= 0.6 is 0 Å². The van der Waals surface area contributed by atoms with Crippen molar-refractivity contribution in [3.8, 4) is 0 Å². The highest BCUT2D eigenvalue weighted by atomic mass is 19.1. The van der Waals surface area contributed by atoms with Crippen molar-refractivity contribution < 1.29 is 8.78 Å². The summed E-state index contributed by atoms with van der Waals surface area (Å²) in [6, 6.07) is 11.4. The minimum atomic E-state index is -0.381. The van der Waals surface area contributed by atoms with Crippen molar-refractivity contribution in [1.82, 2.24) is 9.88 Å². The number of aryl methyl sites for hydroxylation is 2. The highest BCUT2D eigenvalue weighted by Crippen LogP contribution is 2.19. The van der Waals surface area contributed by atoms with Gasteiger partial charge in [-0.15, -0.1) is 0 Å². The number of nitrogens with one attached hydrogen (secondary N) is 1. The Morgan fingerprint density at radius 2 is 1.66 bits per heavy atom. The van der Waals surface area contributed by atoms with Crippen molar-refractivity contribution in [3.05, 3.63) is 75.7 Å². The average Bonchev–Trinajstić information content (AvgIpc) is 2.70. The molecular weight excluding hydrogens is 372 g/mol. The molecular formula is C23H25F2N3O. The number of H-pyrrole nitrogens is 1. The predicted molar refractivity (Wildman–Crippen MR) is 113 cm³/mol. The summed E-state index contributed by atoms with van der Waals surface area (Å²) >= 11 is 0. The second-order valence-corrected chi connectivity index (χ2v) is 7.72. The predicted octanol–water partition coefficient (Wildman–Crippen LogP) is 3.87. The third kappa shape index (κ3) is 4.48. The van der Waals surface area contributed by atoms with E-state index < -0.39 is 0 Å². The van der Waals surface area contributed by atoms with Gasteiger partial charge in [0, 0.05) is 37.6 Å². The lowest BCUT2D eigenvalue weighted by atomic mass is 10.0. The van der Waals surface area contributed by atoms with Crippen LogP contribution in [0.4, 0.5) is 14.5 Å². The molecule has 6 heteroatoms. The van der Waals surface area contributed by atoms with E-state index in [1.54, 1.807) is 0 Å². The van der Waals surface area contributed by atoms with E-state index in [9.17, 15) is 13.6 Å². The van der Waals surface area contributed by atoms with E-state index >= 15 is 0 Å². The van der Waals surface area contributed by atoms with Crippen molar-refractivity contribution >= 4 is 16.5 Å². The molecule has 0 radical (unpaired) electrons. The second-order valence-electron chi connectivity index (χ2n) is 7.72. The topological polar surface area (TPSA) is 39.3 Å². The van der Waals surface area contributed by atoms with E-state index in [1.807, 2.05) is 25.1 Å². The molecule has 3 aromatic rings. The van der Waals surface area contributed by atoms with Gasteiger partial charge in [-0.3, -0.25) is 9.69 Å². The summed E-state index contributed by atoms with van der Waals surface area (Å²) in [5, 5.41) is 1.22. The zero-order chi connectivity index (χ0) is 20.4. The van der Waals surface area contributed by atoms with Crippen molar-refractivity contribution in [3.63, 3.8) is 0 Å². The number of benzene rings is 2. The van der Waals surface area contributed by atoms with Crippen molar-refractivity contribution in [2.24, 2.45) is 0 Å². The van der Waals surface area contributed by atoms with E-state index in [4.69, 9.17) is 0 Å². The average molecular weight is 397 g/mol. The molecule has 2 aromatic carbocycles. The van der Waals surface area contributed by atoms with E-state index in [-0.39, 0.29) is 17.2 Å². The largest absolute Gasteiger partial charge is 0.369 e. The van der Waals surface area contributed by atoms with Gasteiger partial charge in [-0.2, -0.15) is 0 Å². The molecule has 1 fully saturated rings. The van der Waals surface area contributed by atoms with Gasteiger partial charge in [-0.25, -0.2) is 8.78 Å². The molecule has 0 atom stereocenters. The highest BCUT2D eigenvalue weighted by molar-refractivity contribution is 5.85. The van der Waals surface area contributed by atoms with Gasteiger partial charge in [0.05, 0.1) is 5.39 Å². The van der Waals surface area contributed by atoms with E-state index in [2.05, 4.69) is 14.8 Å². The second kappa shape index (κ2) is 8.33. The number of hydrogen-bond acceptors (Lipinski definition) is 3. The molecule has 152 valence electrons. The maximum Gasteiger partial charge on any atom is 0.256 e. The summed E-state index contributed by atoms with van der Waals surface area (Å²) in [4.78, 5) is 19.9. The maximum atomic E-state index is 13.6. The fraction of sp³-hybridized carbons (Fsp3) is 0.348. The molecule has 0 bridgehead atoms. The molecule has 0 amide bonds. The Labute approximate surface area is 168 Å². The smallest absolute Gasteiger partial charge is 0.256 e. The molecule has 2 heterocycles. The summed E-state index contributed by atoms with van der Waals surface area (Å²) in [7, 11) is 0. The van der Waals surface area contributed by atoms with E-state index in [0.29, 0.717) is 5.39 Å². The number of pyridine rings is 1. The van der Waals surface area contributed by atoms with E-state index in [0.717, 1.165) is 67.9 Å². The lowest BCUT2D eigenvalue weighted by Gasteiger charge is -2.36. The Hall–Kier alpha value is -2.73. The Kier molecular flexibility index (Phi) is 5.62. The number of fused-ring (bicyclic) bond motifs is 1. The number of halogens is 2. The Balaban J connectivity index is 1.32. The molecule has 1 N–H and O–H groups in total. The lowest BCUT2D eigenvalue weighted by Crippen LogP contribution is -2.46. The van der Waals surface area contributed by atoms with Crippen LogP contribution in [-0.2, 0) is 6.42 Å². The third-order valence-electron chi connectivity index (χ3n) is 5.67. The van der Waals surface area contributed by atoms with Crippen LogP contribution in [0, 0.1) is 18.6 Å². The molecule has 1 aromatic heterocycles. The number of hydrogen-bond donors (Lipinski definition) is 1. The van der Waals surface area contributed by atoms with Crippen LogP contribution in [0.15, 0.2) is 47.3 Å². The fourth-order valence-electron chi connectivity index (χ4n) is 4.07. The van der Waals surface area contributed by atoms with Crippen LogP contribution in [0.3, 0.4) is 0 Å². The zero-order valence-electron chi connectivity index (χ0n) is 16.5. The maximum absolute atomic E-state index is 13.6. The van der Waals surface area contributed by atoms with Gasteiger partial charge in [-0.1, -0.05) is 0 Å². The van der Waals surface area contributed by atoms with Crippen LogP contribution in [0.1, 0.15) is 17.7 Å². The van der Waals surface area contributed by atoms with Crippen molar-refractivity contribution in [1.29, 1.82) is 0 Å². The van der Waals surface area contributed by atoms with Crippen molar-refractivity contribution in [2.45, 2.75) is 19.8 Å². The highest BCUT2D eigenvalue weighted by Gasteiger charge is 2.17. The normalized spacial score (nSPS) is 15.2. The van der Waals surface area contributed by atoms with Crippen LogP contribution < -0.4 is 10.5 Å². The monoisotopic (exact) mass is 397 g/mol. The number of aromatic nitrogens is 1. The molecule has 0 aliphatic carbocycles. The summed E-state index contributed by atoms with van der Waals surface area (Å²) < 4.78 is 26.6. The van der Waals surface area contributed by atoms with Crippen LogP contribution in [0.25, 0.3) is 10.8 Å². The summed E-state index contributed by atoms with van der Waals surface area (Å²) in [5.41, 5.74) is 2.51. The van der Waals surface area contributed by atoms with Gasteiger partial charge < -0.3 is 9.88 Å². The Morgan fingerprint density at radius 3 is 2.38 bits per heavy atom. The summed E-state index contributed by atoms with van der Waals surface area (Å²) in [6.07, 6.45) is 1.72. The van der Waals surface area contributed by atoms with Gasteiger partial charge in [-0.05, 0) is 79.7 Å². The molecule has 1 aliphatic heterocycles. The molecule has 29 heavy (non-hydrogen) atoms. The molecule has 4 nitrogen and oxygen atoms in total. The van der Waals surface area contributed by atoms with Gasteiger partial charge in [0.25, 0.3) is 5.56 Å². The number of anilines is 1. The number of aromatic amines is 1. The quantitative estimate of drug-likeness (QED) is 0.711. The first kappa shape index (κ1) is 19.6. The number of piperazine rings is 1. The molecule has 0 unspecified atom stereocenters. The van der Waals surface area contributed by atoms with Crippen LogP contribution in [0.2, 0.25) is 0 Å². The third-order valence-corrected chi connectivity index (χ3v) is 5.67. The first-order chi connectivity index (χ1) is 14.0. The SMILES string of the molecule is Cc1cc(F)cc2c(=O)[nH]c(CCCN3CCN(c4ccc(F)cc4)CC3)cc12. The van der Waals surface area contributed by atoms with Crippen LogP contribution in [0.5, 0.6) is 0 Å². The Morgan fingerprint density at radius 1 is 0.931 bits per heavy atom. The van der Waals surface area contributed by atoms with Crippen molar-refractivity contribution in [2.75, 3.05) is 37.6 Å². The van der Waals surface area contributed by atoms with Gasteiger partial charge in [0.2, 0.25) is 0 Å². The fourth-order valence-corrected chi connectivity index (χ4v) is 4.07. The zero-order valence-corrected chi connectivity index (χ0v) is 16.5. The minimum absolute atomic E-state index is 0.209. The standard InChI is InChI=1S/C23H25F2N3O/c1-16-13-18(25)14-22-21(16)15-19(26-23(22)29)3-2-8-27-9-11-28(12-10-27)20-6-4-17(24)5-7-20/h4-7,13-15H,2-3,8-12H2,1H3,(H,26,29). The first-order valence-corrected chi connectivity index (χ1v) is 10.0. The molecule has 4 rings (SSSR count). The molecule has 1 saturated heterocycles. The lowest BCUT2D eigenvalue weighted by molar-refractivity contribution is 0.255. The van der Waals surface area contributed by atoms with Gasteiger partial charge in [0.15, 0.2) is 0 Å². The van der Waals surface area contributed by atoms with Crippen LogP contribution in [-0.4, -0.2) is 42.6 Å². The summed E-state index contributed by atoms with van der Waals surface area (Å²) in [6.45, 7) is 6.55. The summed E-state index contributed by atoms with van der Waals surface area (Å²) in [5.74, 6) is -0.590. The van der Waals surface area contributed by atoms with Gasteiger partial charge in [0.1, 0.15) is 11.6 Å². The van der Waals surface area contributed by atoms with E-state index in [1.165, 1.54) is 24.3 Å². The molecule has 0 saturated carbocycles. The minimum Gasteiger partial charge on any atom is -0.369 e. The number of rotatable bonds is 5. The van der Waals surface area contributed by atoms with Gasteiger partial charge >= 0.3 is 0 Å². The first-order valence-electron chi connectivity index (χ1n) is 10.0. The molecule has 0 spiro atoms. The number of nitrogens with zero attached hydrogens (tertiary/aromatic N) is 2. The molecule has 1 aliphatic rings.